The Hall–Kier alpha value is -4.07. The first-order valence-electron chi connectivity index (χ1n) is 14.2. The number of imidazole rings is 2. The molecule has 3 N–H and O–H groups in total. The molecule has 0 atom stereocenters. The van der Waals surface area contributed by atoms with E-state index in [1.807, 2.05) is 81.7 Å². The normalized spacial score (nSPS) is 11.4. The van der Waals surface area contributed by atoms with Gasteiger partial charge in [-0.05, 0) is 99.7 Å². The summed E-state index contributed by atoms with van der Waals surface area (Å²) >= 11 is 0. The summed E-state index contributed by atoms with van der Waals surface area (Å²) in [6, 6.07) is 16.0. The van der Waals surface area contributed by atoms with Gasteiger partial charge in [-0.15, -0.1) is 0 Å². The topological polar surface area (TPSA) is 105 Å². The first-order valence-corrected chi connectivity index (χ1v) is 14.2. The molecule has 4 aromatic rings. The smallest absolute Gasteiger partial charge is 0.407 e. The van der Waals surface area contributed by atoms with Crippen molar-refractivity contribution in [2.24, 2.45) is 0 Å². The molecule has 1 amide bonds. The molecular formula is C32H41N5O3. The zero-order valence-electron chi connectivity index (χ0n) is 24.0. The molecule has 40 heavy (non-hydrogen) atoms. The summed E-state index contributed by atoms with van der Waals surface area (Å²) in [5.74, 6) is 3.52. The van der Waals surface area contributed by atoms with Gasteiger partial charge in [-0.1, -0.05) is 19.8 Å². The molecule has 0 spiro atoms. The molecule has 0 aliphatic heterocycles. The van der Waals surface area contributed by atoms with Crippen LogP contribution in [0, 0.1) is 0 Å². The van der Waals surface area contributed by atoms with Crippen molar-refractivity contribution in [3.05, 3.63) is 72.6 Å². The number of nitrogens with one attached hydrogen (secondary N) is 3. The maximum absolute atomic E-state index is 11.7. The molecule has 212 valence electrons. The molecule has 8 nitrogen and oxygen atoms in total. The van der Waals surface area contributed by atoms with Gasteiger partial charge in [0.1, 0.15) is 28.7 Å². The van der Waals surface area contributed by atoms with E-state index >= 15 is 0 Å². The molecule has 0 aliphatic rings. The Labute approximate surface area is 237 Å². The monoisotopic (exact) mass is 543 g/mol. The molecule has 4 rings (SSSR count). The minimum Gasteiger partial charge on any atom is -0.457 e. The van der Waals surface area contributed by atoms with Crippen molar-refractivity contribution in [3.8, 4) is 34.0 Å². The van der Waals surface area contributed by atoms with E-state index in [-0.39, 0.29) is 6.09 Å². The lowest BCUT2D eigenvalue weighted by Gasteiger charge is -2.19. The Morgan fingerprint density at radius 2 is 1.27 bits per heavy atom. The molecule has 0 bridgehead atoms. The second kappa shape index (κ2) is 13.8. The standard InChI is InChI=1S/C32H41N5O3/c1-5-6-7-10-29-34-21-27(36-29)23-12-16-25(17-13-23)39-26-18-14-24(15-19-26)28-22-35-30(37-28)11-8-9-20-33-31(38)40-32(2,3)4/h12-19,21-22H,5-11,20H2,1-4H3,(H,33,38)(H,34,36)(H,35,37). The van der Waals surface area contributed by atoms with Crippen LogP contribution in [0.15, 0.2) is 60.9 Å². The molecule has 0 saturated carbocycles. The number of ether oxygens (including phenoxy) is 2. The molecular weight excluding hydrogens is 502 g/mol. The highest BCUT2D eigenvalue weighted by Gasteiger charge is 2.15. The number of amides is 1. The number of hydrogen-bond donors (Lipinski definition) is 3. The molecule has 2 heterocycles. The number of carbonyl (C=O) groups excluding carboxylic acids is 1. The van der Waals surface area contributed by atoms with Crippen molar-refractivity contribution in [2.75, 3.05) is 6.54 Å². The molecule has 0 fully saturated rings. The summed E-state index contributed by atoms with van der Waals surface area (Å²) in [6.07, 6.45) is 10.5. The molecule has 0 saturated heterocycles. The fourth-order valence-corrected chi connectivity index (χ4v) is 4.28. The van der Waals surface area contributed by atoms with E-state index in [1.165, 1.54) is 12.8 Å². The largest absolute Gasteiger partial charge is 0.457 e. The Balaban J connectivity index is 1.22. The van der Waals surface area contributed by atoms with Gasteiger partial charge >= 0.3 is 6.09 Å². The minimum atomic E-state index is -0.483. The van der Waals surface area contributed by atoms with Gasteiger partial charge in [0.05, 0.1) is 23.8 Å². The quantitative estimate of drug-likeness (QED) is 0.149. The van der Waals surface area contributed by atoms with Crippen LogP contribution in [0.4, 0.5) is 4.79 Å². The van der Waals surface area contributed by atoms with E-state index < -0.39 is 5.60 Å². The lowest BCUT2D eigenvalue weighted by atomic mass is 10.1. The number of rotatable bonds is 13. The predicted molar refractivity (Wildman–Crippen MR) is 159 cm³/mol. The van der Waals surface area contributed by atoms with Crippen LogP contribution in [-0.4, -0.2) is 38.2 Å². The third-order valence-electron chi connectivity index (χ3n) is 6.35. The number of carbonyl (C=O) groups is 1. The summed E-state index contributed by atoms with van der Waals surface area (Å²) in [4.78, 5) is 27.6. The van der Waals surface area contributed by atoms with Crippen LogP contribution in [0.1, 0.15) is 71.4 Å². The Bertz CT molecular complexity index is 1330. The van der Waals surface area contributed by atoms with Crippen molar-refractivity contribution in [1.29, 1.82) is 0 Å². The van der Waals surface area contributed by atoms with Gasteiger partial charge in [0.15, 0.2) is 0 Å². The van der Waals surface area contributed by atoms with Crippen LogP contribution in [-0.2, 0) is 17.6 Å². The van der Waals surface area contributed by atoms with Gasteiger partial charge < -0.3 is 24.8 Å². The van der Waals surface area contributed by atoms with Crippen molar-refractivity contribution in [1.82, 2.24) is 25.3 Å². The average Bonchev–Trinajstić information content (AvgIpc) is 3.59. The number of H-pyrrole nitrogens is 2. The van der Waals surface area contributed by atoms with Gasteiger partial charge in [0.25, 0.3) is 0 Å². The summed E-state index contributed by atoms with van der Waals surface area (Å²) in [6.45, 7) is 8.35. The minimum absolute atomic E-state index is 0.377. The summed E-state index contributed by atoms with van der Waals surface area (Å²) in [5.41, 5.74) is 3.64. The summed E-state index contributed by atoms with van der Waals surface area (Å²) in [7, 11) is 0. The fraction of sp³-hybridized carbons (Fsp3) is 0.406. The van der Waals surface area contributed by atoms with E-state index in [0.29, 0.717) is 6.54 Å². The Morgan fingerprint density at radius 1 is 0.775 bits per heavy atom. The van der Waals surface area contributed by atoms with Crippen molar-refractivity contribution < 1.29 is 14.3 Å². The highest BCUT2D eigenvalue weighted by molar-refractivity contribution is 5.67. The molecule has 2 aromatic heterocycles. The maximum Gasteiger partial charge on any atom is 0.407 e. The zero-order valence-corrected chi connectivity index (χ0v) is 24.0. The van der Waals surface area contributed by atoms with Gasteiger partial charge in [-0.3, -0.25) is 0 Å². The predicted octanol–water partition coefficient (Wildman–Crippen LogP) is 7.84. The maximum atomic E-state index is 11.7. The second-order valence-electron chi connectivity index (χ2n) is 11.0. The van der Waals surface area contributed by atoms with Crippen molar-refractivity contribution in [2.45, 2.75) is 78.2 Å². The van der Waals surface area contributed by atoms with Gasteiger partial charge in [0, 0.05) is 19.4 Å². The first kappa shape index (κ1) is 28.9. The van der Waals surface area contributed by atoms with E-state index in [2.05, 4.69) is 32.2 Å². The number of aromatic nitrogens is 4. The van der Waals surface area contributed by atoms with Crippen LogP contribution in [0.25, 0.3) is 22.5 Å². The number of alkyl carbamates (subject to hydrolysis) is 1. The molecule has 2 aromatic carbocycles. The third kappa shape index (κ3) is 9.00. The van der Waals surface area contributed by atoms with Crippen LogP contribution < -0.4 is 10.1 Å². The van der Waals surface area contributed by atoms with Gasteiger partial charge in [0.2, 0.25) is 0 Å². The van der Waals surface area contributed by atoms with Crippen LogP contribution in [0.2, 0.25) is 0 Å². The number of benzene rings is 2. The molecule has 8 heteroatoms. The van der Waals surface area contributed by atoms with Crippen molar-refractivity contribution >= 4 is 6.09 Å². The third-order valence-corrected chi connectivity index (χ3v) is 6.35. The molecule has 0 radical (unpaired) electrons. The Morgan fingerprint density at radius 3 is 1.75 bits per heavy atom. The van der Waals surface area contributed by atoms with Gasteiger partial charge in [-0.2, -0.15) is 0 Å². The van der Waals surface area contributed by atoms with E-state index in [0.717, 1.165) is 77.8 Å². The zero-order chi connectivity index (χ0) is 28.4. The van der Waals surface area contributed by atoms with E-state index in [9.17, 15) is 4.79 Å². The SMILES string of the molecule is CCCCCc1ncc(-c2ccc(Oc3ccc(-c4cnc(CCCCNC(=O)OC(C)(C)C)[nH]4)cc3)cc2)[nH]1. The first-order chi connectivity index (χ1) is 19.3. The molecule has 0 aliphatic carbocycles. The van der Waals surface area contributed by atoms with E-state index in [1.54, 1.807) is 0 Å². The number of unbranched alkanes of at least 4 members (excludes halogenated alkanes) is 3. The summed E-state index contributed by atoms with van der Waals surface area (Å²) < 4.78 is 11.3. The van der Waals surface area contributed by atoms with Crippen LogP contribution in [0.5, 0.6) is 11.5 Å². The summed E-state index contributed by atoms with van der Waals surface area (Å²) in [5, 5.41) is 2.79. The van der Waals surface area contributed by atoms with E-state index in [4.69, 9.17) is 9.47 Å². The van der Waals surface area contributed by atoms with Gasteiger partial charge in [-0.25, -0.2) is 14.8 Å². The molecule has 0 unspecified atom stereocenters. The number of nitrogens with zero attached hydrogens (tertiary/aromatic N) is 2. The lowest BCUT2D eigenvalue weighted by molar-refractivity contribution is 0.0527. The fourth-order valence-electron chi connectivity index (χ4n) is 4.28. The second-order valence-corrected chi connectivity index (χ2v) is 11.0. The number of aromatic amines is 2. The van der Waals surface area contributed by atoms with Crippen LogP contribution >= 0.6 is 0 Å². The average molecular weight is 544 g/mol. The number of aryl methyl sites for hydroxylation is 2. The lowest BCUT2D eigenvalue weighted by Crippen LogP contribution is -2.33. The highest BCUT2D eigenvalue weighted by Crippen LogP contribution is 2.27. The number of hydrogen-bond acceptors (Lipinski definition) is 5. The van der Waals surface area contributed by atoms with Crippen molar-refractivity contribution in [3.63, 3.8) is 0 Å². The Kier molecular flexibility index (Phi) is 10.00. The van der Waals surface area contributed by atoms with Crippen LogP contribution in [0.3, 0.4) is 0 Å². The highest BCUT2D eigenvalue weighted by atomic mass is 16.6.